The van der Waals surface area contributed by atoms with Crippen molar-refractivity contribution in [3.05, 3.63) is 28.7 Å². The zero-order valence-electron chi connectivity index (χ0n) is 14.1. The van der Waals surface area contributed by atoms with Crippen molar-refractivity contribution in [2.45, 2.75) is 37.3 Å². The third-order valence-electron chi connectivity index (χ3n) is 3.89. The molecule has 10 heteroatoms. The van der Waals surface area contributed by atoms with Crippen LogP contribution in [-0.4, -0.2) is 32.2 Å². The number of para-hydroxylation sites is 1. The van der Waals surface area contributed by atoms with Crippen LogP contribution in [0.25, 0.3) is 0 Å². The highest BCUT2D eigenvalue weighted by molar-refractivity contribution is 9.10. The van der Waals surface area contributed by atoms with Crippen molar-refractivity contribution < 1.29 is 4.79 Å². The lowest BCUT2D eigenvalue weighted by atomic mass is 9.99. The molecule has 1 heterocycles. The molecule has 1 aliphatic rings. The largest absolute Gasteiger partial charge is 0.334 e. The fourth-order valence-corrected chi connectivity index (χ4v) is 3.57. The van der Waals surface area contributed by atoms with Gasteiger partial charge >= 0.3 is 0 Å². The number of hydrogen-bond acceptors (Lipinski definition) is 7. The van der Waals surface area contributed by atoms with Gasteiger partial charge in [0, 0.05) is 10.2 Å². The average molecular weight is 438 g/mol. The summed E-state index contributed by atoms with van der Waals surface area (Å²) in [6.07, 6.45) is 5.60. The van der Waals surface area contributed by atoms with E-state index in [-0.39, 0.29) is 11.7 Å². The van der Waals surface area contributed by atoms with Gasteiger partial charge in [-0.25, -0.2) is 10.1 Å². The molecule has 0 unspecified atom stereocenters. The van der Waals surface area contributed by atoms with Gasteiger partial charge in [-0.05, 0) is 53.7 Å². The predicted octanol–water partition coefficient (Wildman–Crippen LogP) is 3.22. The number of anilines is 2. The van der Waals surface area contributed by atoms with Gasteiger partial charge in [0.05, 0.1) is 11.4 Å². The average Bonchev–Trinajstić information content (AvgIpc) is 3.01. The van der Waals surface area contributed by atoms with Crippen LogP contribution in [0.4, 0.5) is 11.6 Å². The zero-order valence-corrected chi connectivity index (χ0v) is 16.5. The molecule has 1 aliphatic carbocycles. The highest BCUT2D eigenvalue weighted by Crippen LogP contribution is 2.22. The molecule has 1 aromatic heterocycles. The molecular formula is C16H20BrN7OS. The number of thioether (sulfide) groups is 1. The monoisotopic (exact) mass is 437 g/mol. The van der Waals surface area contributed by atoms with Crippen LogP contribution in [0.2, 0.25) is 0 Å². The number of nitrogens with two attached hydrogens (primary N) is 1. The Hall–Kier alpha value is -2.07. The summed E-state index contributed by atoms with van der Waals surface area (Å²) in [6.45, 7) is 0. The number of nitrogens with one attached hydrogen (secondary N) is 2. The summed E-state index contributed by atoms with van der Waals surface area (Å²) in [7, 11) is 0. The molecule has 0 bridgehead atoms. The standard InChI is InChI=1S/C16H20BrN7OS/c17-12-8-4-5-9-13(12)19-14(25)10-26-16-23-22-15(24(16)18)21-20-11-6-2-1-3-7-11/h4-5,8-9H,1-3,6-7,10,18H2,(H,19,25)(H,21,22). The van der Waals surface area contributed by atoms with Crippen molar-refractivity contribution in [3.8, 4) is 0 Å². The second-order valence-electron chi connectivity index (χ2n) is 5.84. The Bertz CT molecular complexity index is 800. The molecule has 0 aliphatic heterocycles. The second kappa shape index (κ2) is 9.04. The Morgan fingerprint density at radius 1 is 1.27 bits per heavy atom. The van der Waals surface area contributed by atoms with Crippen molar-refractivity contribution in [2.75, 3.05) is 22.3 Å². The van der Waals surface area contributed by atoms with Gasteiger partial charge in [0.1, 0.15) is 0 Å². The number of nitrogens with zero attached hydrogens (tertiary/aromatic N) is 4. The minimum Gasteiger partial charge on any atom is -0.334 e. The third kappa shape index (κ3) is 4.98. The van der Waals surface area contributed by atoms with Crippen LogP contribution in [0.5, 0.6) is 0 Å². The van der Waals surface area contributed by atoms with Crippen molar-refractivity contribution in [1.82, 2.24) is 14.9 Å². The number of carbonyl (C=O) groups excluding carboxylic acids is 1. The molecule has 2 aromatic rings. The summed E-state index contributed by atoms with van der Waals surface area (Å²) in [6, 6.07) is 7.43. The van der Waals surface area contributed by atoms with Gasteiger partial charge < -0.3 is 11.2 Å². The minimum atomic E-state index is -0.151. The number of hydrazone groups is 1. The molecule has 0 radical (unpaired) electrons. The van der Waals surface area contributed by atoms with Crippen LogP contribution in [0.15, 0.2) is 39.0 Å². The third-order valence-corrected chi connectivity index (χ3v) is 5.52. The van der Waals surface area contributed by atoms with E-state index in [0.717, 1.165) is 28.7 Å². The molecule has 138 valence electrons. The van der Waals surface area contributed by atoms with Crippen LogP contribution in [-0.2, 0) is 4.79 Å². The molecule has 3 rings (SSSR count). The molecule has 0 spiro atoms. The van der Waals surface area contributed by atoms with E-state index in [9.17, 15) is 4.79 Å². The molecule has 8 nitrogen and oxygen atoms in total. The molecular weight excluding hydrogens is 418 g/mol. The first-order valence-corrected chi connectivity index (χ1v) is 10.1. The van der Waals surface area contributed by atoms with Crippen molar-refractivity contribution in [3.63, 3.8) is 0 Å². The van der Waals surface area contributed by atoms with Gasteiger partial charge in [0.2, 0.25) is 11.1 Å². The quantitative estimate of drug-likeness (QED) is 0.363. The van der Waals surface area contributed by atoms with Crippen molar-refractivity contribution in [2.24, 2.45) is 5.10 Å². The molecule has 1 amide bonds. The smallest absolute Gasteiger partial charge is 0.264 e. The Morgan fingerprint density at radius 3 is 2.81 bits per heavy atom. The SMILES string of the molecule is Nn1c(NN=C2CCCCC2)nnc1SCC(=O)Nc1ccccc1Br. The lowest BCUT2D eigenvalue weighted by Crippen LogP contribution is -2.17. The normalized spacial score (nSPS) is 14.1. The summed E-state index contributed by atoms with van der Waals surface area (Å²) >= 11 is 4.61. The summed E-state index contributed by atoms with van der Waals surface area (Å²) in [5, 5.41) is 15.6. The van der Waals surface area contributed by atoms with Gasteiger partial charge in [-0.2, -0.15) is 5.10 Å². The van der Waals surface area contributed by atoms with Gasteiger partial charge in [-0.15, -0.1) is 10.2 Å². The van der Waals surface area contributed by atoms with E-state index in [1.165, 1.54) is 35.7 Å². The van der Waals surface area contributed by atoms with Crippen molar-refractivity contribution in [1.29, 1.82) is 0 Å². The minimum absolute atomic E-state index is 0.151. The Balaban J connectivity index is 1.53. The van der Waals surface area contributed by atoms with E-state index in [1.54, 1.807) is 0 Å². The predicted molar refractivity (Wildman–Crippen MR) is 108 cm³/mol. The lowest BCUT2D eigenvalue weighted by molar-refractivity contribution is -0.113. The van der Waals surface area contributed by atoms with E-state index in [4.69, 9.17) is 5.84 Å². The van der Waals surface area contributed by atoms with Crippen LogP contribution in [0.3, 0.4) is 0 Å². The summed E-state index contributed by atoms with van der Waals surface area (Å²) < 4.78 is 2.14. The van der Waals surface area contributed by atoms with E-state index in [2.05, 4.69) is 42.0 Å². The number of nitrogen functional groups attached to an aromatic ring is 1. The molecule has 0 saturated heterocycles. The fourth-order valence-electron chi connectivity index (χ4n) is 2.53. The number of carbonyl (C=O) groups is 1. The second-order valence-corrected chi connectivity index (χ2v) is 7.64. The highest BCUT2D eigenvalue weighted by Gasteiger charge is 2.13. The van der Waals surface area contributed by atoms with Gasteiger partial charge in [0.15, 0.2) is 0 Å². The van der Waals surface area contributed by atoms with E-state index in [1.807, 2.05) is 24.3 Å². The molecule has 1 aromatic carbocycles. The summed E-state index contributed by atoms with van der Waals surface area (Å²) in [5.74, 6) is 6.36. The molecule has 1 saturated carbocycles. The molecule has 0 atom stereocenters. The zero-order chi connectivity index (χ0) is 18.4. The van der Waals surface area contributed by atoms with Crippen LogP contribution >= 0.6 is 27.7 Å². The van der Waals surface area contributed by atoms with Gasteiger partial charge in [-0.3, -0.25) is 4.79 Å². The number of rotatable bonds is 6. The molecule has 26 heavy (non-hydrogen) atoms. The molecule has 4 N–H and O–H groups in total. The van der Waals surface area contributed by atoms with E-state index < -0.39 is 0 Å². The van der Waals surface area contributed by atoms with Gasteiger partial charge in [-0.1, -0.05) is 30.3 Å². The summed E-state index contributed by atoms with van der Waals surface area (Å²) in [5.41, 5.74) is 4.72. The topological polar surface area (TPSA) is 110 Å². The first-order valence-electron chi connectivity index (χ1n) is 8.32. The lowest BCUT2D eigenvalue weighted by Gasteiger charge is -2.12. The Morgan fingerprint density at radius 2 is 2.04 bits per heavy atom. The summed E-state index contributed by atoms with van der Waals surface area (Å²) in [4.78, 5) is 12.1. The van der Waals surface area contributed by atoms with E-state index >= 15 is 0 Å². The number of halogens is 1. The maximum absolute atomic E-state index is 12.1. The maximum atomic E-state index is 12.1. The first kappa shape index (κ1) is 18.7. The van der Waals surface area contributed by atoms with E-state index in [0.29, 0.717) is 11.1 Å². The molecule has 1 fully saturated rings. The first-order chi connectivity index (χ1) is 12.6. The van der Waals surface area contributed by atoms with Crippen LogP contribution in [0.1, 0.15) is 32.1 Å². The number of hydrogen-bond donors (Lipinski definition) is 3. The van der Waals surface area contributed by atoms with Crippen LogP contribution in [0, 0.1) is 0 Å². The maximum Gasteiger partial charge on any atom is 0.264 e. The van der Waals surface area contributed by atoms with Crippen LogP contribution < -0.4 is 16.6 Å². The number of benzene rings is 1. The Labute approximate surface area is 164 Å². The fraction of sp³-hybridized carbons (Fsp3) is 0.375. The number of amides is 1. The Kier molecular flexibility index (Phi) is 6.51. The number of aromatic nitrogens is 3. The van der Waals surface area contributed by atoms with Crippen molar-refractivity contribution >= 4 is 50.9 Å². The highest BCUT2D eigenvalue weighted by atomic mass is 79.9. The van der Waals surface area contributed by atoms with Gasteiger partial charge in [0.25, 0.3) is 5.95 Å².